The second kappa shape index (κ2) is 9.62. The Hall–Kier alpha value is -1.25. The van der Waals surface area contributed by atoms with Gasteiger partial charge < -0.3 is 10.2 Å². The van der Waals surface area contributed by atoms with Gasteiger partial charge in [0.15, 0.2) is 0 Å². The van der Waals surface area contributed by atoms with Gasteiger partial charge in [0.1, 0.15) is 0 Å². The van der Waals surface area contributed by atoms with Gasteiger partial charge in [-0.3, -0.25) is 4.79 Å². The summed E-state index contributed by atoms with van der Waals surface area (Å²) >= 11 is 1.69. The Kier molecular flexibility index (Phi) is 7.79. The number of thioether (sulfide) groups is 1. The summed E-state index contributed by atoms with van der Waals surface area (Å²) < 4.78 is 23.3. The molecule has 26 heavy (non-hydrogen) atoms. The van der Waals surface area contributed by atoms with Gasteiger partial charge in [0, 0.05) is 18.3 Å². The van der Waals surface area contributed by atoms with E-state index in [2.05, 4.69) is 10.2 Å². The third kappa shape index (κ3) is 5.89. The van der Waals surface area contributed by atoms with Crippen LogP contribution in [0.25, 0.3) is 0 Å². The maximum atomic E-state index is 12.4. The average Bonchev–Trinajstić information content (AvgIpc) is 2.62. The Labute approximate surface area is 160 Å². The number of sulfonamides is 1. The quantitative estimate of drug-likeness (QED) is 0.700. The number of anilines is 2. The van der Waals surface area contributed by atoms with Gasteiger partial charge in [-0.25, -0.2) is 13.6 Å². The molecule has 6 nitrogen and oxygen atoms in total. The van der Waals surface area contributed by atoms with Crippen LogP contribution >= 0.6 is 11.8 Å². The van der Waals surface area contributed by atoms with Crippen LogP contribution in [0.3, 0.4) is 0 Å². The Morgan fingerprint density at radius 2 is 1.88 bits per heavy atom. The standard InChI is InChI=1S/C18H29N3O3S2/c1-3-21(4-2)17-11-10-15(26(19,23)24)12-16(17)20-18(22)13-25-14-8-6-5-7-9-14/h10-12,14H,3-9,13H2,1-2H3,(H,20,22)(H2,19,23,24). The van der Waals surface area contributed by atoms with E-state index in [1.54, 1.807) is 17.8 Å². The molecule has 1 aromatic rings. The summed E-state index contributed by atoms with van der Waals surface area (Å²) in [6, 6.07) is 4.64. The van der Waals surface area contributed by atoms with Crippen LogP contribution in [-0.4, -0.2) is 38.4 Å². The maximum Gasteiger partial charge on any atom is 0.238 e. The summed E-state index contributed by atoms with van der Waals surface area (Å²) in [5.74, 6) is 0.266. The van der Waals surface area contributed by atoms with Crippen molar-refractivity contribution < 1.29 is 13.2 Å². The molecular formula is C18H29N3O3S2. The lowest BCUT2D eigenvalue weighted by Gasteiger charge is -2.25. The maximum absolute atomic E-state index is 12.4. The summed E-state index contributed by atoms with van der Waals surface area (Å²) in [5.41, 5.74) is 1.30. The number of carbonyl (C=O) groups is 1. The van der Waals surface area contributed by atoms with Crippen molar-refractivity contribution in [2.45, 2.75) is 56.1 Å². The highest BCUT2D eigenvalue weighted by Crippen LogP contribution is 2.30. The van der Waals surface area contributed by atoms with Crippen molar-refractivity contribution in [1.82, 2.24) is 0 Å². The summed E-state index contributed by atoms with van der Waals surface area (Å²) in [6.07, 6.45) is 6.10. The fourth-order valence-electron chi connectivity index (χ4n) is 3.24. The second-order valence-corrected chi connectivity index (χ2v) is 9.37. The predicted octanol–water partition coefficient (Wildman–Crippen LogP) is 3.18. The molecule has 1 fully saturated rings. The average molecular weight is 400 g/mol. The molecule has 0 aromatic heterocycles. The number of rotatable bonds is 8. The molecule has 0 spiro atoms. The lowest BCUT2D eigenvalue weighted by Crippen LogP contribution is -2.25. The molecule has 0 saturated heterocycles. The van der Waals surface area contributed by atoms with Crippen LogP contribution < -0.4 is 15.4 Å². The van der Waals surface area contributed by atoms with Crippen LogP contribution in [0.4, 0.5) is 11.4 Å². The highest BCUT2D eigenvalue weighted by Gasteiger charge is 2.18. The van der Waals surface area contributed by atoms with E-state index in [1.165, 1.54) is 44.2 Å². The van der Waals surface area contributed by atoms with Crippen molar-refractivity contribution in [2.24, 2.45) is 5.14 Å². The highest BCUT2D eigenvalue weighted by molar-refractivity contribution is 8.00. The third-order valence-electron chi connectivity index (χ3n) is 4.68. The zero-order chi connectivity index (χ0) is 19.2. The highest BCUT2D eigenvalue weighted by atomic mass is 32.2. The number of nitrogens with two attached hydrogens (primary N) is 1. The Morgan fingerprint density at radius 3 is 2.46 bits per heavy atom. The van der Waals surface area contributed by atoms with Gasteiger partial charge in [0.05, 0.1) is 22.0 Å². The molecule has 1 aliphatic carbocycles. The van der Waals surface area contributed by atoms with Gasteiger partial charge in [-0.1, -0.05) is 19.3 Å². The molecule has 1 aliphatic rings. The monoisotopic (exact) mass is 399 g/mol. The number of amides is 1. The number of primary sulfonamides is 1. The first kappa shape index (κ1) is 21.1. The van der Waals surface area contributed by atoms with Crippen molar-refractivity contribution in [3.63, 3.8) is 0 Å². The molecule has 2 rings (SSSR count). The minimum Gasteiger partial charge on any atom is -0.370 e. The van der Waals surface area contributed by atoms with Gasteiger partial charge >= 0.3 is 0 Å². The van der Waals surface area contributed by atoms with Gasteiger partial charge in [-0.15, -0.1) is 11.8 Å². The number of benzene rings is 1. The molecule has 0 heterocycles. The number of nitrogens with one attached hydrogen (secondary N) is 1. The first-order valence-corrected chi connectivity index (χ1v) is 11.8. The molecule has 1 saturated carbocycles. The number of hydrogen-bond donors (Lipinski definition) is 2. The van der Waals surface area contributed by atoms with E-state index in [9.17, 15) is 13.2 Å². The zero-order valence-electron chi connectivity index (χ0n) is 15.5. The van der Waals surface area contributed by atoms with Crippen molar-refractivity contribution in [3.05, 3.63) is 18.2 Å². The van der Waals surface area contributed by atoms with Gasteiger partial charge in [-0.2, -0.15) is 0 Å². The van der Waals surface area contributed by atoms with Crippen LogP contribution in [0, 0.1) is 0 Å². The van der Waals surface area contributed by atoms with E-state index in [-0.39, 0.29) is 10.8 Å². The Bertz CT molecular complexity index is 712. The van der Waals surface area contributed by atoms with Crippen LogP contribution in [0.2, 0.25) is 0 Å². The minimum atomic E-state index is -3.82. The molecule has 1 aromatic carbocycles. The lowest BCUT2D eigenvalue weighted by atomic mass is 10.0. The molecule has 0 bridgehead atoms. The van der Waals surface area contributed by atoms with Gasteiger partial charge in [-0.05, 0) is 44.9 Å². The molecule has 8 heteroatoms. The predicted molar refractivity (Wildman–Crippen MR) is 109 cm³/mol. The van der Waals surface area contributed by atoms with E-state index in [0.717, 1.165) is 18.8 Å². The van der Waals surface area contributed by atoms with Gasteiger partial charge in [0.2, 0.25) is 15.9 Å². The molecule has 146 valence electrons. The molecule has 3 N–H and O–H groups in total. The van der Waals surface area contributed by atoms with Crippen LogP contribution in [0.5, 0.6) is 0 Å². The van der Waals surface area contributed by atoms with Crippen molar-refractivity contribution >= 4 is 39.1 Å². The minimum absolute atomic E-state index is 0.00337. The van der Waals surface area contributed by atoms with E-state index in [4.69, 9.17) is 5.14 Å². The molecule has 0 atom stereocenters. The fourth-order valence-corrected chi connectivity index (χ4v) is 4.91. The SMILES string of the molecule is CCN(CC)c1ccc(S(N)(=O)=O)cc1NC(=O)CSC1CCCCC1. The number of nitrogens with zero attached hydrogens (tertiary/aromatic N) is 1. The van der Waals surface area contributed by atoms with E-state index in [0.29, 0.717) is 16.7 Å². The Morgan fingerprint density at radius 1 is 1.23 bits per heavy atom. The largest absolute Gasteiger partial charge is 0.370 e. The number of hydrogen-bond acceptors (Lipinski definition) is 5. The summed E-state index contributed by atoms with van der Waals surface area (Å²) in [7, 11) is -3.82. The third-order valence-corrected chi connectivity index (χ3v) is 6.96. The van der Waals surface area contributed by atoms with E-state index in [1.807, 2.05) is 13.8 Å². The molecule has 0 radical (unpaired) electrons. The lowest BCUT2D eigenvalue weighted by molar-refractivity contribution is -0.113. The molecular weight excluding hydrogens is 370 g/mol. The second-order valence-electron chi connectivity index (χ2n) is 6.52. The molecule has 0 unspecified atom stereocenters. The number of carbonyl (C=O) groups excluding carboxylic acids is 1. The van der Waals surface area contributed by atoms with Gasteiger partial charge in [0.25, 0.3) is 0 Å². The van der Waals surface area contributed by atoms with E-state index < -0.39 is 10.0 Å². The normalized spacial score (nSPS) is 15.7. The first-order chi connectivity index (χ1) is 12.3. The van der Waals surface area contributed by atoms with Crippen molar-refractivity contribution in [1.29, 1.82) is 0 Å². The van der Waals surface area contributed by atoms with E-state index >= 15 is 0 Å². The van der Waals surface area contributed by atoms with Crippen LogP contribution in [0.15, 0.2) is 23.1 Å². The topological polar surface area (TPSA) is 92.5 Å². The summed E-state index contributed by atoms with van der Waals surface area (Å²) in [5, 5.41) is 8.68. The van der Waals surface area contributed by atoms with Crippen LogP contribution in [0.1, 0.15) is 46.0 Å². The molecule has 0 aliphatic heterocycles. The fraction of sp³-hybridized carbons (Fsp3) is 0.611. The molecule has 1 amide bonds. The van der Waals surface area contributed by atoms with Crippen LogP contribution in [-0.2, 0) is 14.8 Å². The van der Waals surface area contributed by atoms with Crippen molar-refractivity contribution in [3.8, 4) is 0 Å². The Balaban J connectivity index is 2.14. The van der Waals surface area contributed by atoms with Crippen molar-refractivity contribution in [2.75, 3.05) is 29.1 Å². The first-order valence-electron chi connectivity index (χ1n) is 9.18. The zero-order valence-corrected chi connectivity index (χ0v) is 17.2. The summed E-state index contributed by atoms with van der Waals surface area (Å²) in [4.78, 5) is 14.5. The smallest absolute Gasteiger partial charge is 0.238 e. The summed E-state index contributed by atoms with van der Waals surface area (Å²) in [6.45, 7) is 5.54.